The van der Waals surface area contributed by atoms with Gasteiger partial charge in [0, 0.05) is 17.9 Å². The Bertz CT molecular complexity index is 490. The Balaban J connectivity index is 2.55. The Hall–Kier alpha value is -1.67. The van der Waals surface area contributed by atoms with E-state index in [4.69, 9.17) is 5.73 Å². The summed E-state index contributed by atoms with van der Waals surface area (Å²) in [6.07, 6.45) is 1.84. The number of aromatic nitrogens is 1. The maximum absolute atomic E-state index is 5.97. The van der Waals surface area contributed by atoms with E-state index in [1.807, 2.05) is 38.2 Å². The number of benzene rings is 1. The zero-order chi connectivity index (χ0) is 11.5. The molecule has 1 aromatic heterocycles. The summed E-state index contributed by atoms with van der Waals surface area (Å²) in [4.78, 5) is 4.21. The minimum Gasteiger partial charge on any atom is -0.324 e. The van der Waals surface area contributed by atoms with Crippen molar-refractivity contribution in [2.45, 2.75) is 19.9 Å². The van der Waals surface area contributed by atoms with Gasteiger partial charge in [0.2, 0.25) is 0 Å². The highest BCUT2D eigenvalue weighted by Gasteiger charge is 2.07. The van der Waals surface area contributed by atoms with Crippen LogP contribution in [0.3, 0.4) is 0 Å². The average Bonchev–Trinajstić information content (AvgIpc) is 2.29. The number of aryl methyl sites for hydroxylation is 1. The first kappa shape index (κ1) is 10.8. The summed E-state index contributed by atoms with van der Waals surface area (Å²) < 4.78 is 0. The predicted octanol–water partition coefficient (Wildman–Crippen LogP) is 3.08. The lowest BCUT2D eigenvalue weighted by Crippen LogP contribution is -2.06. The van der Waals surface area contributed by atoms with Gasteiger partial charge in [-0.1, -0.05) is 24.3 Å². The summed E-state index contributed by atoms with van der Waals surface area (Å²) in [6.45, 7) is 4.00. The molecule has 1 heterocycles. The zero-order valence-electron chi connectivity index (χ0n) is 9.64. The Morgan fingerprint density at radius 1 is 1.19 bits per heavy atom. The SMILES string of the molecule is Cc1cc(-c2ccccc2C(C)N)ccn1. The van der Waals surface area contributed by atoms with Gasteiger partial charge in [-0.15, -0.1) is 0 Å². The van der Waals surface area contributed by atoms with Crippen molar-refractivity contribution in [3.05, 3.63) is 53.9 Å². The van der Waals surface area contributed by atoms with Gasteiger partial charge in [0.15, 0.2) is 0 Å². The van der Waals surface area contributed by atoms with Crippen LogP contribution in [-0.4, -0.2) is 4.98 Å². The normalized spacial score (nSPS) is 12.4. The summed E-state index contributed by atoms with van der Waals surface area (Å²) in [6, 6.07) is 12.4. The topological polar surface area (TPSA) is 38.9 Å². The molecule has 0 radical (unpaired) electrons. The van der Waals surface area contributed by atoms with Crippen LogP contribution >= 0.6 is 0 Å². The average molecular weight is 212 g/mol. The number of nitrogens with two attached hydrogens (primary N) is 1. The molecule has 1 unspecified atom stereocenters. The second kappa shape index (κ2) is 4.45. The molecular weight excluding hydrogens is 196 g/mol. The molecular formula is C14H16N2. The number of pyridine rings is 1. The lowest BCUT2D eigenvalue weighted by atomic mass is 9.96. The van der Waals surface area contributed by atoms with Gasteiger partial charge >= 0.3 is 0 Å². The van der Waals surface area contributed by atoms with Crippen molar-refractivity contribution in [3.63, 3.8) is 0 Å². The van der Waals surface area contributed by atoms with E-state index in [9.17, 15) is 0 Å². The van der Waals surface area contributed by atoms with Gasteiger partial charge in [0.05, 0.1) is 0 Å². The van der Waals surface area contributed by atoms with Gasteiger partial charge in [0.25, 0.3) is 0 Å². The van der Waals surface area contributed by atoms with Gasteiger partial charge in [-0.25, -0.2) is 0 Å². The predicted molar refractivity (Wildman–Crippen MR) is 67.0 cm³/mol. The van der Waals surface area contributed by atoms with E-state index in [0.717, 1.165) is 5.69 Å². The summed E-state index contributed by atoms with van der Waals surface area (Å²) in [5, 5.41) is 0. The molecule has 2 N–H and O–H groups in total. The molecule has 1 atom stereocenters. The van der Waals surface area contributed by atoms with Crippen LogP contribution in [-0.2, 0) is 0 Å². The Morgan fingerprint density at radius 2 is 1.94 bits per heavy atom. The largest absolute Gasteiger partial charge is 0.324 e. The van der Waals surface area contributed by atoms with Crippen molar-refractivity contribution in [3.8, 4) is 11.1 Å². The fourth-order valence-corrected chi connectivity index (χ4v) is 1.87. The van der Waals surface area contributed by atoms with Gasteiger partial charge in [-0.2, -0.15) is 0 Å². The maximum atomic E-state index is 5.97. The number of hydrogen-bond donors (Lipinski definition) is 1. The Labute approximate surface area is 96.1 Å². The molecule has 0 saturated carbocycles. The molecule has 2 rings (SSSR count). The van der Waals surface area contributed by atoms with Crippen LogP contribution in [0.4, 0.5) is 0 Å². The first-order valence-electron chi connectivity index (χ1n) is 5.46. The smallest absolute Gasteiger partial charge is 0.0378 e. The van der Waals surface area contributed by atoms with E-state index in [1.54, 1.807) is 0 Å². The molecule has 2 heteroatoms. The molecule has 0 fully saturated rings. The molecule has 2 nitrogen and oxygen atoms in total. The molecule has 0 aliphatic heterocycles. The van der Waals surface area contributed by atoms with E-state index in [0.29, 0.717) is 0 Å². The summed E-state index contributed by atoms with van der Waals surface area (Å²) in [5.41, 5.74) is 10.6. The molecule has 0 aliphatic rings. The molecule has 2 aromatic rings. The van der Waals surface area contributed by atoms with E-state index < -0.39 is 0 Å². The van der Waals surface area contributed by atoms with Crippen LogP contribution in [0.15, 0.2) is 42.6 Å². The highest BCUT2D eigenvalue weighted by Crippen LogP contribution is 2.26. The lowest BCUT2D eigenvalue weighted by Gasteiger charge is -2.12. The van der Waals surface area contributed by atoms with Crippen LogP contribution in [0.25, 0.3) is 11.1 Å². The maximum Gasteiger partial charge on any atom is 0.0378 e. The van der Waals surface area contributed by atoms with Gasteiger partial charge in [-0.05, 0) is 42.7 Å². The molecule has 82 valence electrons. The molecule has 0 amide bonds. The minimum absolute atomic E-state index is 0.0460. The van der Waals surface area contributed by atoms with E-state index in [2.05, 4.69) is 23.2 Å². The second-order valence-corrected chi connectivity index (χ2v) is 4.06. The van der Waals surface area contributed by atoms with Crippen LogP contribution in [0.5, 0.6) is 0 Å². The standard InChI is InChI=1S/C14H16N2/c1-10-9-12(7-8-16-10)14-6-4-3-5-13(14)11(2)15/h3-9,11H,15H2,1-2H3. The van der Waals surface area contributed by atoms with E-state index >= 15 is 0 Å². The lowest BCUT2D eigenvalue weighted by molar-refractivity contribution is 0.820. The quantitative estimate of drug-likeness (QED) is 0.830. The first-order chi connectivity index (χ1) is 7.68. The van der Waals surface area contributed by atoms with Crippen molar-refractivity contribution in [2.24, 2.45) is 5.73 Å². The first-order valence-corrected chi connectivity index (χ1v) is 5.46. The van der Waals surface area contributed by atoms with Crippen LogP contribution in [0, 0.1) is 6.92 Å². The van der Waals surface area contributed by atoms with Crippen molar-refractivity contribution < 1.29 is 0 Å². The summed E-state index contributed by atoms with van der Waals surface area (Å²) in [5.74, 6) is 0. The van der Waals surface area contributed by atoms with E-state index in [-0.39, 0.29) is 6.04 Å². The summed E-state index contributed by atoms with van der Waals surface area (Å²) >= 11 is 0. The number of nitrogens with zero attached hydrogens (tertiary/aromatic N) is 1. The van der Waals surface area contributed by atoms with Crippen molar-refractivity contribution in [2.75, 3.05) is 0 Å². The number of rotatable bonds is 2. The fraction of sp³-hybridized carbons (Fsp3) is 0.214. The molecule has 0 saturated heterocycles. The van der Waals surface area contributed by atoms with Gasteiger partial charge in [-0.3, -0.25) is 4.98 Å². The molecule has 0 bridgehead atoms. The van der Waals surface area contributed by atoms with Crippen LogP contribution < -0.4 is 5.73 Å². The fourth-order valence-electron chi connectivity index (χ4n) is 1.87. The monoisotopic (exact) mass is 212 g/mol. The Kier molecular flexibility index (Phi) is 3.02. The minimum atomic E-state index is 0.0460. The highest BCUT2D eigenvalue weighted by molar-refractivity contribution is 5.67. The number of hydrogen-bond acceptors (Lipinski definition) is 2. The zero-order valence-corrected chi connectivity index (χ0v) is 9.64. The molecule has 0 aliphatic carbocycles. The second-order valence-electron chi connectivity index (χ2n) is 4.06. The van der Waals surface area contributed by atoms with Crippen molar-refractivity contribution in [1.29, 1.82) is 0 Å². The summed E-state index contributed by atoms with van der Waals surface area (Å²) in [7, 11) is 0. The van der Waals surface area contributed by atoms with Crippen LogP contribution in [0.2, 0.25) is 0 Å². The van der Waals surface area contributed by atoms with Gasteiger partial charge < -0.3 is 5.73 Å². The van der Waals surface area contributed by atoms with Crippen molar-refractivity contribution >= 4 is 0 Å². The Morgan fingerprint density at radius 3 is 2.62 bits per heavy atom. The molecule has 1 aromatic carbocycles. The highest BCUT2D eigenvalue weighted by atomic mass is 14.6. The van der Waals surface area contributed by atoms with E-state index in [1.165, 1.54) is 16.7 Å². The molecule has 16 heavy (non-hydrogen) atoms. The third-order valence-corrected chi connectivity index (χ3v) is 2.66. The van der Waals surface area contributed by atoms with Crippen molar-refractivity contribution in [1.82, 2.24) is 4.98 Å². The molecule has 0 spiro atoms. The third kappa shape index (κ3) is 2.12. The third-order valence-electron chi connectivity index (χ3n) is 2.66. The van der Waals surface area contributed by atoms with Crippen LogP contribution in [0.1, 0.15) is 24.2 Å². The van der Waals surface area contributed by atoms with Gasteiger partial charge in [0.1, 0.15) is 0 Å².